The van der Waals surface area contributed by atoms with Crippen molar-refractivity contribution in [3.05, 3.63) is 35.9 Å². The molecule has 2 nitrogen and oxygen atoms in total. The third kappa shape index (κ3) is 5.01. The highest BCUT2D eigenvalue weighted by Gasteiger charge is 2.14. The molecule has 16 heavy (non-hydrogen) atoms. The second-order valence-corrected chi connectivity index (χ2v) is 5.65. The fourth-order valence-electron chi connectivity index (χ4n) is 1.04. The molecule has 0 heterocycles. The normalized spacial score (nSPS) is 12.1. The van der Waals surface area contributed by atoms with E-state index in [4.69, 9.17) is 17.3 Å². The van der Waals surface area contributed by atoms with Crippen molar-refractivity contribution < 1.29 is 9.90 Å². The maximum Gasteiger partial charge on any atom is 0.316 e. The van der Waals surface area contributed by atoms with Gasteiger partial charge < -0.3 is 5.11 Å². The third-order valence-electron chi connectivity index (χ3n) is 1.89. The number of carboxylic acid groups (broad SMARTS) is 1. The smallest absolute Gasteiger partial charge is 0.316 e. The lowest BCUT2D eigenvalue weighted by Gasteiger charge is -2.06. The number of thiocarbonyl (C=S) groups is 1. The Labute approximate surface area is 110 Å². The van der Waals surface area contributed by atoms with Crippen LogP contribution in [0.15, 0.2) is 30.3 Å². The van der Waals surface area contributed by atoms with Crippen LogP contribution in [0.2, 0.25) is 0 Å². The molecule has 0 saturated heterocycles. The minimum absolute atomic E-state index is 0.325. The van der Waals surface area contributed by atoms with Crippen LogP contribution in [0.3, 0.4) is 0 Å². The maximum absolute atomic E-state index is 10.6. The van der Waals surface area contributed by atoms with E-state index in [0.29, 0.717) is 10.6 Å². The summed E-state index contributed by atoms with van der Waals surface area (Å²) < 4.78 is 0.686. The molecule has 0 radical (unpaired) electrons. The molecule has 0 aliphatic heterocycles. The molecular formula is C11H12O2S3. The van der Waals surface area contributed by atoms with E-state index < -0.39 is 11.2 Å². The maximum atomic E-state index is 10.6. The fourth-order valence-corrected chi connectivity index (χ4v) is 2.62. The first-order valence-corrected chi connectivity index (χ1v) is 6.61. The monoisotopic (exact) mass is 272 g/mol. The summed E-state index contributed by atoms with van der Waals surface area (Å²) in [6, 6.07) is 9.94. The molecule has 1 aromatic carbocycles. The molecule has 5 heteroatoms. The van der Waals surface area contributed by atoms with Crippen LogP contribution in [0.25, 0.3) is 0 Å². The number of thioether (sulfide) groups is 1. The first kappa shape index (κ1) is 13.5. The number of carboxylic acids is 1. The highest BCUT2D eigenvalue weighted by Crippen LogP contribution is 2.18. The van der Waals surface area contributed by atoms with Crippen molar-refractivity contribution >= 4 is 46.8 Å². The summed E-state index contributed by atoms with van der Waals surface area (Å²) in [5.41, 5.74) is 1.18. The van der Waals surface area contributed by atoms with Gasteiger partial charge in [0.1, 0.15) is 5.25 Å². The number of hydrogen-bond donors (Lipinski definition) is 2. The number of thiol groups is 1. The summed E-state index contributed by atoms with van der Waals surface area (Å²) in [6.07, 6.45) is 0.325. The van der Waals surface area contributed by atoms with Gasteiger partial charge in [0.15, 0.2) is 0 Å². The summed E-state index contributed by atoms with van der Waals surface area (Å²) in [5, 5.41) is 7.97. The Morgan fingerprint density at radius 3 is 2.62 bits per heavy atom. The first-order valence-electron chi connectivity index (χ1n) is 4.70. The largest absolute Gasteiger partial charge is 0.480 e. The van der Waals surface area contributed by atoms with Gasteiger partial charge in [-0.15, -0.1) is 11.8 Å². The molecule has 0 saturated carbocycles. The van der Waals surface area contributed by atoms with Crippen LogP contribution in [0.1, 0.15) is 12.0 Å². The van der Waals surface area contributed by atoms with Crippen molar-refractivity contribution in [3.8, 4) is 0 Å². The molecule has 0 spiro atoms. The van der Waals surface area contributed by atoms with E-state index in [-0.39, 0.29) is 0 Å². The van der Waals surface area contributed by atoms with E-state index in [1.54, 1.807) is 0 Å². The van der Waals surface area contributed by atoms with Gasteiger partial charge in [-0.3, -0.25) is 4.79 Å². The van der Waals surface area contributed by atoms with Gasteiger partial charge in [0.2, 0.25) is 0 Å². The number of hydrogen-bond acceptors (Lipinski definition) is 4. The lowest BCUT2D eigenvalue weighted by molar-refractivity contribution is -0.136. The SMILES string of the molecule is O=C(O)C(S)CC(=S)SCc1ccccc1. The number of rotatable bonds is 5. The van der Waals surface area contributed by atoms with Crippen LogP contribution in [-0.4, -0.2) is 20.5 Å². The zero-order chi connectivity index (χ0) is 12.0. The van der Waals surface area contributed by atoms with E-state index in [2.05, 4.69) is 12.6 Å². The van der Waals surface area contributed by atoms with Gasteiger partial charge in [-0.1, -0.05) is 42.5 Å². The van der Waals surface area contributed by atoms with Crippen LogP contribution in [0.5, 0.6) is 0 Å². The quantitative estimate of drug-likeness (QED) is 0.638. The van der Waals surface area contributed by atoms with Crippen molar-refractivity contribution in [2.75, 3.05) is 0 Å². The zero-order valence-electron chi connectivity index (χ0n) is 8.50. The predicted molar refractivity (Wildman–Crippen MR) is 75.4 cm³/mol. The number of carbonyl (C=O) groups is 1. The molecule has 1 N–H and O–H groups in total. The molecule has 0 fully saturated rings. The van der Waals surface area contributed by atoms with Crippen molar-refractivity contribution in [2.24, 2.45) is 0 Å². The molecule has 1 aromatic rings. The van der Waals surface area contributed by atoms with Crippen molar-refractivity contribution in [1.82, 2.24) is 0 Å². The Kier molecular flexibility index (Phi) is 5.87. The minimum Gasteiger partial charge on any atom is -0.480 e. The molecule has 0 aromatic heterocycles. The molecule has 0 aliphatic rings. The second kappa shape index (κ2) is 6.93. The molecule has 86 valence electrons. The summed E-state index contributed by atoms with van der Waals surface area (Å²) >= 11 is 10.5. The zero-order valence-corrected chi connectivity index (χ0v) is 11.0. The summed E-state index contributed by atoms with van der Waals surface area (Å²) in [5.74, 6) is -0.147. The van der Waals surface area contributed by atoms with Gasteiger partial charge in [0, 0.05) is 16.4 Å². The van der Waals surface area contributed by atoms with Gasteiger partial charge in [-0.2, -0.15) is 12.6 Å². The second-order valence-electron chi connectivity index (χ2n) is 3.20. The number of benzene rings is 1. The van der Waals surface area contributed by atoms with Gasteiger partial charge >= 0.3 is 5.97 Å². The average Bonchev–Trinajstić information content (AvgIpc) is 2.27. The van der Waals surface area contributed by atoms with Crippen molar-refractivity contribution in [3.63, 3.8) is 0 Å². The van der Waals surface area contributed by atoms with Crippen LogP contribution < -0.4 is 0 Å². The van der Waals surface area contributed by atoms with Crippen LogP contribution in [0.4, 0.5) is 0 Å². The lowest BCUT2D eigenvalue weighted by Crippen LogP contribution is -2.15. The first-order chi connectivity index (χ1) is 7.59. The molecular weight excluding hydrogens is 260 g/mol. The molecule has 0 aliphatic carbocycles. The third-order valence-corrected chi connectivity index (χ3v) is 3.78. The van der Waals surface area contributed by atoms with Crippen molar-refractivity contribution in [1.29, 1.82) is 0 Å². The summed E-state index contributed by atoms with van der Waals surface area (Å²) in [4.78, 5) is 10.6. The molecule has 0 amide bonds. The van der Waals surface area contributed by atoms with Gasteiger partial charge in [-0.05, 0) is 5.56 Å². The molecule has 1 atom stereocenters. The standard InChI is InChI=1S/C11H12O2S3/c12-11(13)9(14)6-10(15)16-7-8-4-2-1-3-5-8/h1-5,9,14H,6-7H2,(H,12,13). The van der Waals surface area contributed by atoms with Gasteiger partial charge in [-0.25, -0.2) is 0 Å². The van der Waals surface area contributed by atoms with Gasteiger partial charge in [0.25, 0.3) is 0 Å². The van der Waals surface area contributed by atoms with E-state index in [9.17, 15) is 4.79 Å². The van der Waals surface area contributed by atoms with E-state index in [1.165, 1.54) is 17.3 Å². The highest BCUT2D eigenvalue weighted by molar-refractivity contribution is 8.22. The fraction of sp³-hybridized carbons (Fsp3) is 0.273. The van der Waals surface area contributed by atoms with Crippen LogP contribution in [-0.2, 0) is 10.5 Å². The van der Waals surface area contributed by atoms with Gasteiger partial charge in [0.05, 0.1) is 0 Å². The highest BCUT2D eigenvalue weighted by atomic mass is 32.2. The Balaban J connectivity index is 2.33. The summed E-state index contributed by atoms with van der Waals surface area (Å²) in [7, 11) is 0. The van der Waals surface area contributed by atoms with Crippen LogP contribution in [0, 0.1) is 0 Å². The minimum atomic E-state index is -0.925. The van der Waals surface area contributed by atoms with E-state index in [1.807, 2.05) is 30.3 Å². The molecule has 0 bridgehead atoms. The Morgan fingerprint density at radius 2 is 2.06 bits per heavy atom. The van der Waals surface area contributed by atoms with Crippen LogP contribution >= 0.6 is 36.6 Å². The average molecular weight is 272 g/mol. The topological polar surface area (TPSA) is 37.3 Å². The molecule has 1 rings (SSSR count). The lowest BCUT2D eigenvalue weighted by atomic mass is 10.2. The number of aliphatic carboxylic acids is 1. The van der Waals surface area contributed by atoms with E-state index in [0.717, 1.165) is 5.75 Å². The summed E-state index contributed by atoms with van der Waals surface area (Å²) in [6.45, 7) is 0. The Hall–Kier alpha value is -0.520. The predicted octanol–water partition coefficient (Wildman–Crippen LogP) is 3.02. The van der Waals surface area contributed by atoms with Crippen molar-refractivity contribution in [2.45, 2.75) is 17.4 Å². The van der Waals surface area contributed by atoms with E-state index >= 15 is 0 Å². The Bertz CT molecular complexity index is 365. The molecule has 1 unspecified atom stereocenters. The Morgan fingerprint density at radius 1 is 1.44 bits per heavy atom.